The number of nitrogens with zero attached hydrogens (tertiary/aromatic N) is 1. The fourth-order valence-electron chi connectivity index (χ4n) is 1.28. The zero-order valence-corrected chi connectivity index (χ0v) is 12.4. The number of ether oxygens (including phenoxy) is 1. The SMILES string of the molecule is COc1cc(Br)cc(NC(=NCC(C)C)NN)c1. The highest BCUT2D eigenvalue weighted by atomic mass is 79.9. The van der Waals surface area contributed by atoms with Crippen LogP contribution in [0, 0.1) is 5.92 Å². The Morgan fingerprint density at radius 2 is 2.17 bits per heavy atom. The maximum atomic E-state index is 5.43. The van der Waals surface area contributed by atoms with Crippen molar-refractivity contribution in [3.63, 3.8) is 0 Å². The third kappa shape index (κ3) is 4.93. The largest absolute Gasteiger partial charge is 0.497 e. The molecule has 0 aromatic heterocycles. The molecule has 6 heteroatoms. The fraction of sp³-hybridized carbons (Fsp3) is 0.417. The van der Waals surface area contributed by atoms with Crippen molar-refractivity contribution in [3.05, 3.63) is 22.7 Å². The number of anilines is 1. The summed E-state index contributed by atoms with van der Waals surface area (Å²) >= 11 is 3.42. The predicted molar refractivity (Wildman–Crippen MR) is 78.8 cm³/mol. The van der Waals surface area contributed by atoms with Gasteiger partial charge in [-0.2, -0.15) is 0 Å². The molecule has 0 spiro atoms. The van der Waals surface area contributed by atoms with Gasteiger partial charge in [0, 0.05) is 22.8 Å². The minimum Gasteiger partial charge on any atom is -0.497 e. The maximum Gasteiger partial charge on any atom is 0.210 e. The molecule has 0 radical (unpaired) electrons. The molecular weight excluding hydrogens is 296 g/mol. The summed E-state index contributed by atoms with van der Waals surface area (Å²) in [5, 5.41) is 3.10. The van der Waals surface area contributed by atoms with Gasteiger partial charge in [0.05, 0.1) is 7.11 Å². The summed E-state index contributed by atoms with van der Waals surface area (Å²) in [4.78, 5) is 4.34. The molecule has 0 unspecified atom stereocenters. The molecule has 1 rings (SSSR count). The average molecular weight is 315 g/mol. The molecule has 0 saturated heterocycles. The third-order valence-electron chi connectivity index (χ3n) is 2.12. The number of hydrogen-bond acceptors (Lipinski definition) is 3. The second-order valence-electron chi connectivity index (χ2n) is 4.23. The number of nitrogens with one attached hydrogen (secondary N) is 2. The molecule has 1 aromatic carbocycles. The van der Waals surface area contributed by atoms with Crippen LogP contribution in [0.15, 0.2) is 27.7 Å². The minimum absolute atomic E-state index is 0.479. The molecule has 0 fully saturated rings. The molecule has 0 amide bonds. The monoisotopic (exact) mass is 314 g/mol. The van der Waals surface area contributed by atoms with E-state index >= 15 is 0 Å². The summed E-state index contributed by atoms with van der Waals surface area (Å²) in [6, 6.07) is 5.67. The van der Waals surface area contributed by atoms with Crippen LogP contribution in [0.5, 0.6) is 5.75 Å². The molecule has 0 aliphatic rings. The lowest BCUT2D eigenvalue weighted by atomic mass is 10.2. The summed E-state index contributed by atoms with van der Waals surface area (Å²) in [6.07, 6.45) is 0. The van der Waals surface area contributed by atoms with E-state index in [9.17, 15) is 0 Å². The van der Waals surface area contributed by atoms with Crippen LogP contribution in [0.25, 0.3) is 0 Å². The van der Waals surface area contributed by atoms with Crippen LogP contribution in [0.1, 0.15) is 13.8 Å². The summed E-state index contributed by atoms with van der Waals surface area (Å²) in [6.45, 7) is 4.90. The molecule has 18 heavy (non-hydrogen) atoms. The number of hydrazine groups is 1. The van der Waals surface area contributed by atoms with Gasteiger partial charge in [-0.05, 0) is 18.1 Å². The van der Waals surface area contributed by atoms with Crippen molar-refractivity contribution >= 4 is 27.6 Å². The van der Waals surface area contributed by atoms with E-state index in [1.54, 1.807) is 7.11 Å². The number of guanidine groups is 1. The Kier molecular flexibility index (Phi) is 5.94. The maximum absolute atomic E-state index is 5.43. The number of rotatable bonds is 4. The zero-order valence-electron chi connectivity index (χ0n) is 10.8. The highest BCUT2D eigenvalue weighted by Crippen LogP contribution is 2.24. The molecule has 0 bridgehead atoms. The fourth-order valence-corrected chi connectivity index (χ4v) is 1.76. The van der Waals surface area contributed by atoms with E-state index < -0.39 is 0 Å². The standard InChI is InChI=1S/C12H19BrN4O/c1-8(2)7-15-12(17-14)16-10-4-9(13)5-11(6-10)18-3/h4-6,8H,7,14H2,1-3H3,(H2,15,16,17). The van der Waals surface area contributed by atoms with Crippen LogP contribution in [-0.4, -0.2) is 19.6 Å². The lowest BCUT2D eigenvalue weighted by Gasteiger charge is -2.11. The molecule has 100 valence electrons. The summed E-state index contributed by atoms with van der Waals surface area (Å²) in [5.41, 5.74) is 3.39. The Labute approximate surface area is 116 Å². The number of methoxy groups -OCH3 is 1. The minimum atomic E-state index is 0.479. The van der Waals surface area contributed by atoms with Gasteiger partial charge in [-0.25, -0.2) is 5.84 Å². The van der Waals surface area contributed by atoms with E-state index in [4.69, 9.17) is 10.6 Å². The first-order valence-corrected chi connectivity index (χ1v) is 6.47. The Bertz CT molecular complexity index is 421. The highest BCUT2D eigenvalue weighted by Gasteiger charge is 2.02. The van der Waals surface area contributed by atoms with Gasteiger partial charge in [0.25, 0.3) is 0 Å². The Morgan fingerprint density at radius 3 is 2.72 bits per heavy atom. The van der Waals surface area contributed by atoms with E-state index in [1.165, 1.54) is 0 Å². The Morgan fingerprint density at radius 1 is 1.44 bits per heavy atom. The van der Waals surface area contributed by atoms with Gasteiger partial charge < -0.3 is 10.1 Å². The zero-order chi connectivity index (χ0) is 13.5. The van der Waals surface area contributed by atoms with Crippen molar-refractivity contribution in [1.82, 2.24) is 5.43 Å². The van der Waals surface area contributed by atoms with Gasteiger partial charge in [-0.3, -0.25) is 10.4 Å². The van der Waals surface area contributed by atoms with E-state index in [2.05, 4.69) is 45.5 Å². The van der Waals surface area contributed by atoms with Crippen LogP contribution in [0.4, 0.5) is 5.69 Å². The quantitative estimate of drug-likeness (QED) is 0.345. The van der Waals surface area contributed by atoms with Crippen molar-refractivity contribution in [1.29, 1.82) is 0 Å². The van der Waals surface area contributed by atoms with Crippen LogP contribution in [-0.2, 0) is 0 Å². The van der Waals surface area contributed by atoms with E-state index in [0.29, 0.717) is 18.4 Å². The lowest BCUT2D eigenvalue weighted by molar-refractivity contribution is 0.415. The molecule has 4 N–H and O–H groups in total. The van der Waals surface area contributed by atoms with Crippen molar-refractivity contribution in [2.45, 2.75) is 13.8 Å². The van der Waals surface area contributed by atoms with Gasteiger partial charge in [0.1, 0.15) is 5.75 Å². The molecular formula is C12H19BrN4O. The lowest BCUT2D eigenvalue weighted by Crippen LogP contribution is -2.36. The molecule has 0 aliphatic heterocycles. The van der Waals surface area contributed by atoms with Gasteiger partial charge in [0.2, 0.25) is 5.96 Å². The normalized spacial score (nSPS) is 11.6. The number of aliphatic imine (C=N–C) groups is 1. The average Bonchev–Trinajstić information content (AvgIpc) is 2.33. The molecule has 0 aliphatic carbocycles. The first-order chi connectivity index (χ1) is 8.55. The Hall–Kier alpha value is -1.27. The smallest absolute Gasteiger partial charge is 0.210 e. The molecule has 0 atom stereocenters. The Balaban J connectivity index is 2.81. The van der Waals surface area contributed by atoms with Gasteiger partial charge in [0.15, 0.2) is 0 Å². The summed E-state index contributed by atoms with van der Waals surface area (Å²) < 4.78 is 6.11. The molecule has 0 saturated carbocycles. The summed E-state index contributed by atoms with van der Waals surface area (Å²) in [7, 11) is 1.63. The van der Waals surface area contributed by atoms with Crippen LogP contribution in [0.2, 0.25) is 0 Å². The van der Waals surface area contributed by atoms with Crippen molar-refractivity contribution in [2.75, 3.05) is 19.0 Å². The van der Waals surface area contributed by atoms with Gasteiger partial charge in [-0.15, -0.1) is 0 Å². The molecule has 5 nitrogen and oxygen atoms in total. The highest BCUT2D eigenvalue weighted by molar-refractivity contribution is 9.10. The van der Waals surface area contributed by atoms with Gasteiger partial charge in [-0.1, -0.05) is 29.8 Å². The second-order valence-corrected chi connectivity index (χ2v) is 5.15. The molecule has 0 heterocycles. The van der Waals surface area contributed by atoms with E-state index in [0.717, 1.165) is 15.9 Å². The third-order valence-corrected chi connectivity index (χ3v) is 2.58. The number of nitrogens with two attached hydrogens (primary N) is 1. The van der Waals surface area contributed by atoms with Crippen molar-refractivity contribution in [2.24, 2.45) is 16.8 Å². The summed E-state index contributed by atoms with van der Waals surface area (Å²) in [5.74, 6) is 7.20. The first-order valence-electron chi connectivity index (χ1n) is 5.67. The topological polar surface area (TPSA) is 71.7 Å². The predicted octanol–water partition coefficient (Wildman–Crippen LogP) is 2.34. The number of benzene rings is 1. The first kappa shape index (κ1) is 14.8. The number of hydrogen-bond donors (Lipinski definition) is 3. The number of halogens is 1. The van der Waals surface area contributed by atoms with Gasteiger partial charge >= 0.3 is 0 Å². The van der Waals surface area contributed by atoms with Crippen molar-refractivity contribution in [3.8, 4) is 5.75 Å². The second kappa shape index (κ2) is 7.23. The van der Waals surface area contributed by atoms with Crippen LogP contribution in [0.3, 0.4) is 0 Å². The van der Waals surface area contributed by atoms with Crippen LogP contribution >= 0.6 is 15.9 Å². The van der Waals surface area contributed by atoms with Crippen LogP contribution < -0.4 is 21.3 Å². The van der Waals surface area contributed by atoms with E-state index in [-0.39, 0.29) is 0 Å². The van der Waals surface area contributed by atoms with E-state index in [1.807, 2.05) is 18.2 Å². The van der Waals surface area contributed by atoms with Crippen molar-refractivity contribution < 1.29 is 4.74 Å². The molecule has 1 aromatic rings.